The molecule has 3 atom stereocenters. The summed E-state index contributed by atoms with van der Waals surface area (Å²) in [5.41, 5.74) is 0. The van der Waals surface area contributed by atoms with Crippen molar-refractivity contribution in [3.05, 3.63) is 22.4 Å². The zero-order chi connectivity index (χ0) is 17.6. The topological polar surface area (TPSA) is 40.1 Å². The van der Waals surface area contributed by atoms with E-state index in [2.05, 4.69) is 44.7 Å². The van der Waals surface area contributed by atoms with Gasteiger partial charge in [-0.3, -0.25) is 9.89 Å². The lowest BCUT2D eigenvalue weighted by Gasteiger charge is -2.39. The number of ether oxygens (including phenoxy) is 1. The molecule has 2 fully saturated rings. The molecule has 5 nitrogen and oxygen atoms in total. The summed E-state index contributed by atoms with van der Waals surface area (Å²) >= 11 is 1.88. The lowest BCUT2D eigenvalue weighted by atomic mass is 9.88. The number of hydrogen-bond acceptors (Lipinski definition) is 4. The molecule has 0 bridgehead atoms. The van der Waals surface area contributed by atoms with Crippen LogP contribution in [-0.2, 0) is 4.74 Å². The van der Waals surface area contributed by atoms with Gasteiger partial charge in [-0.15, -0.1) is 35.3 Å². The lowest BCUT2D eigenvalue weighted by Crippen LogP contribution is -2.46. The Kier molecular flexibility index (Phi) is 9.12. The van der Waals surface area contributed by atoms with Gasteiger partial charge >= 0.3 is 0 Å². The van der Waals surface area contributed by atoms with E-state index in [4.69, 9.17) is 4.74 Å². The minimum absolute atomic E-state index is 0. The van der Waals surface area contributed by atoms with Gasteiger partial charge in [0.25, 0.3) is 0 Å². The zero-order valence-corrected chi connectivity index (χ0v) is 19.3. The Labute approximate surface area is 179 Å². The van der Waals surface area contributed by atoms with Gasteiger partial charge in [-0.2, -0.15) is 0 Å². The number of aliphatic imine (C=N–C) groups is 1. The van der Waals surface area contributed by atoms with Gasteiger partial charge in [-0.05, 0) is 50.2 Å². The van der Waals surface area contributed by atoms with E-state index < -0.39 is 0 Å². The van der Waals surface area contributed by atoms with E-state index >= 15 is 0 Å². The predicted octanol–water partition coefficient (Wildman–Crippen LogP) is 3.29. The molecule has 0 aromatic carbocycles. The summed E-state index contributed by atoms with van der Waals surface area (Å²) in [6.07, 6.45) is 3.75. The highest BCUT2D eigenvalue weighted by Gasteiger charge is 2.32. The molecule has 0 radical (unpaired) electrons. The van der Waals surface area contributed by atoms with Crippen LogP contribution in [0, 0.1) is 11.8 Å². The van der Waals surface area contributed by atoms with Crippen LogP contribution in [0.4, 0.5) is 0 Å². The van der Waals surface area contributed by atoms with Crippen LogP contribution < -0.4 is 5.32 Å². The number of guanidine groups is 1. The second kappa shape index (κ2) is 10.8. The lowest BCUT2D eigenvalue weighted by molar-refractivity contribution is 0.124. The van der Waals surface area contributed by atoms with Crippen LogP contribution in [0.3, 0.4) is 0 Å². The molecule has 2 aliphatic rings. The van der Waals surface area contributed by atoms with E-state index in [9.17, 15) is 0 Å². The van der Waals surface area contributed by atoms with E-state index in [0.717, 1.165) is 32.2 Å². The first-order chi connectivity index (χ1) is 12.2. The number of thiophene rings is 1. The quantitative estimate of drug-likeness (QED) is 0.389. The summed E-state index contributed by atoms with van der Waals surface area (Å²) in [5.74, 6) is 2.31. The average molecular weight is 492 g/mol. The van der Waals surface area contributed by atoms with E-state index in [-0.39, 0.29) is 24.0 Å². The van der Waals surface area contributed by atoms with Crippen molar-refractivity contribution in [1.29, 1.82) is 0 Å². The van der Waals surface area contributed by atoms with Crippen LogP contribution >= 0.6 is 35.3 Å². The average Bonchev–Trinajstić information content (AvgIpc) is 3.28. The summed E-state index contributed by atoms with van der Waals surface area (Å²) in [5, 5.41) is 5.87. The Hall–Kier alpha value is -0.380. The molecule has 148 valence electrons. The molecule has 7 heteroatoms. The Morgan fingerprint density at radius 2 is 2.23 bits per heavy atom. The fourth-order valence-electron chi connectivity index (χ4n) is 4.33. The standard InChI is InChI=1S/C19H32N4OS.HI/c1-20-19(23-10-8-15(13-23)14-24-3)21-12-16-6-4-9-22(2)18(16)17-7-5-11-25-17;/h5,7,11,15-16,18H,4,6,8-10,12-14H2,1-3H3,(H,20,21);1H. The fourth-order valence-corrected chi connectivity index (χ4v) is 5.32. The molecular weight excluding hydrogens is 459 g/mol. The minimum Gasteiger partial charge on any atom is -0.384 e. The van der Waals surface area contributed by atoms with Crippen molar-refractivity contribution in [2.24, 2.45) is 16.8 Å². The number of likely N-dealkylation sites (tertiary alicyclic amines) is 2. The molecule has 2 saturated heterocycles. The molecular formula is C19H33IN4OS. The van der Waals surface area contributed by atoms with Gasteiger partial charge in [0.1, 0.15) is 0 Å². The molecule has 1 aromatic rings. The highest BCUT2D eigenvalue weighted by Crippen LogP contribution is 2.36. The number of methoxy groups -OCH3 is 1. The summed E-state index contributed by atoms with van der Waals surface area (Å²) < 4.78 is 5.32. The Morgan fingerprint density at radius 3 is 2.92 bits per heavy atom. The first kappa shape index (κ1) is 21.9. The van der Waals surface area contributed by atoms with Crippen LogP contribution in [-0.4, -0.2) is 69.8 Å². The molecule has 26 heavy (non-hydrogen) atoms. The normalized spacial score (nSPS) is 27.4. The maximum Gasteiger partial charge on any atom is 0.193 e. The minimum atomic E-state index is 0. The number of nitrogens with one attached hydrogen (secondary N) is 1. The highest BCUT2D eigenvalue weighted by atomic mass is 127. The van der Waals surface area contributed by atoms with E-state index in [1.165, 1.54) is 30.7 Å². The number of nitrogens with zero attached hydrogens (tertiary/aromatic N) is 3. The van der Waals surface area contributed by atoms with E-state index in [1.807, 2.05) is 18.4 Å². The van der Waals surface area contributed by atoms with Crippen LogP contribution in [0.2, 0.25) is 0 Å². The fraction of sp³-hybridized carbons (Fsp3) is 0.737. The molecule has 1 aromatic heterocycles. The summed E-state index contributed by atoms with van der Waals surface area (Å²) in [6, 6.07) is 4.99. The molecule has 0 aliphatic carbocycles. The second-order valence-electron chi connectivity index (χ2n) is 7.33. The van der Waals surface area contributed by atoms with Crippen LogP contribution in [0.1, 0.15) is 30.2 Å². The van der Waals surface area contributed by atoms with Crippen molar-refractivity contribution < 1.29 is 4.74 Å². The molecule has 0 spiro atoms. The maximum absolute atomic E-state index is 5.32. The predicted molar refractivity (Wildman–Crippen MR) is 121 cm³/mol. The summed E-state index contributed by atoms with van der Waals surface area (Å²) in [4.78, 5) is 10.9. The van der Waals surface area contributed by atoms with Gasteiger partial charge in [0.15, 0.2) is 5.96 Å². The Bertz CT molecular complexity index is 554. The molecule has 0 amide bonds. The first-order valence-electron chi connectivity index (χ1n) is 9.41. The van der Waals surface area contributed by atoms with Gasteiger partial charge in [0.05, 0.1) is 6.61 Å². The summed E-state index contributed by atoms with van der Waals surface area (Å²) in [6.45, 7) is 5.16. The zero-order valence-electron chi connectivity index (χ0n) is 16.2. The second-order valence-corrected chi connectivity index (χ2v) is 8.31. The van der Waals surface area contributed by atoms with Crippen molar-refractivity contribution in [3.63, 3.8) is 0 Å². The van der Waals surface area contributed by atoms with Gasteiger partial charge in [-0.25, -0.2) is 0 Å². The number of piperidine rings is 1. The third-order valence-corrected chi connectivity index (χ3v) is 6.51. The van der Waals surface area contributed by atoms with E-state index in [0.29, 0.717) is 17.9 Å². The summed E-state index contributed by atoms with van der Waals surface area (Å²) in [7, 11) is 5.96. The van der Waals surface area contributed by atoms with Gasteiger partial charge in [0.2, 0.25) is 0 Å². The Morgan fingerprint density at radius 1 is 1.38 bits per heavy atom. The van der Waals surface area contributed by atoms with Crippen LogP contribution in [0.15, 0.2) is 22.5 Å². The molecule has 1 N–H and O–H groups in total. The Balaban J connectivity index is 0.00000243. The number of halogens is 1. The van der Waals surface area contributed by atoms with Crippen molar-refractivity contribution in [2.45, 2.75) is 25.3 Å². The van der Waals surface area contributed by atoms with Gasteiger partial charge in [-0.1, -0.05) is 6.07 Å². The molecule has 2 aliphatic heterocycles. The monoisotopic (exact) mass is 492 g/mol. The van der Waals surface area contributed by atoms with E-state index in [1.54, 1.807) is 7.11 Å². The van der Waals surface area contributed by atoms with Crippen molar-refractivity contribution >= 4 is 41.3 Å². The van der Waals surface area contributed by atoms with Crippen molar-refractivity contribution in [3.8, 4) is 0 Å². The maximum atomic E-state index is 5.32. The molecule has 3 heterocycles. The number of hydrogen-bond donors (Lipinski definition) is 1. The van der Waals surface area contributed by atoms with Gasteiger partial charge in [0, 0.05) is 50.6 Å². The molecule has 3 rings (SSSR count). The first-order valence-corrected chi connectivity index (χ1v) is 10.3. The highest BCUT2D eigenvalue weighted by molar-refractivity contribution is 14.0. The molecule has 3 unspecified atom stereocenters. The van der Waals surface area contributed by atoms with Gasteiger partial charge < -0.3 is 15.0 Å². The largest absolute Gasteiger partial charge is 0.384 e. The van der Waals surface area contributed by atoms with Crippen LogP contribution in [0.5, 0.6) is 0 Å². The molecule has 0 saturated carbocycles. The van der Waals surface area contributed by atoms with Crippen molar-refractivity contribution in [1.82, 2.24) is 15.1 Å². The third kappa shape index (κ3) is 5.33. The van der Waals surface area contributed by atoms with Crippen molar-refractivity contribution in [2.75, 3.05) is 54.0 Å². The number of rotatable bonds is 5. The SMILES string of the molecule is CN=C(NCC1CCCN(C)C1c1cccs1)N1CCC(COC)C1.I. The third-order valence-electron chi connectivity index (χ3n) is 5.56. The van der Waals surface area contributed by atoms with Crippen LogP contribution in [0.25, 0.3) is 0 Å². The smallest absolute Gasteiger partial charge is 0.193 e.